The maximum Gasteiger partial charge on any atom is 0.318 e. The quantitative estimate of drug-likeness (QED) is 0.317. The average Bonchev–Trinajstić information content (AvgIpc) is 4.09. The van der Waals surface area contributed by atoms with Crippen LogP contribution in [-0.4, -0.2) is 108 Å². The molecule has 0 bridgehead atoms. The predicted octanol–water partition coefficient (Wildman–Crippen LogP) is 3.62. The topological polar surface area (TPSA) is 186 Å². The number of amides is 5. The largest absolute Gasteiger partial charge is 0.496 e. The minimum Gasteiger partial charge on any atom is -0.496 e. The first-order valence-electron chi connectivity index (χ1n) is 20.0. The highest BCUT2D eigenvalue weighted by atomic mass is 32.2. The zero-order chi connectivity index (χ0) is 39.4. The van der Waals surface area contributed by atoms with Crippen molar-refractivity contribution in [2.75, 3.05) is 26.7 Å². The molecule has 0 radical (unpaired) electrons. The summed E-state index contributed by atoms with van der Waals surface area (Å²) in [7, 11) is -2.39. The number of nitrogens with one attached hydrogen (secondary N) is 3. The van der Waals surface area contributed by atoms with Crippen molar-refractivity contribution in [1.82, 2.24) is 30.1 Å². The summed E-state index contributed by atoms with van der Waals surface area (Å²) in [5.41, 5.74) is -0.0544. The number of benzene rings is 1. The first-order chi connectivity index (χ1) is 26.8. The lowest BCUT2D eigenvalue weighted by molar-refractivity contribution is -0.141. The van der Waals surface area contributed by atoms with Crippen LogP contribution < -0.4 is 29.6 Å². The van der Waals surface area contributed by atoms with Crippen LogP contribution in [0.1, 0.15) is 89.5 Å². The number of hydrogen-bond donors (Lipinski definition) is 3. The number of fused-ring (bicyclic) bond motifs is 3. The first-order valence-corrected chi connectivity index (χ1v) is 21.5. The highest BCUT2D eigenvalue weighted by Crippen LogP contribution is 2.48. The molecule has 3 N–H and O–H groups in total. The average molecular weight is 793 g/mol. The zero-order valence-corrected chi connectivity index (χ0v) is 33.1. The third-order valence-corrected chi connectivity index (χ3v) is 14.5. The second-order valence-corrected chi connectivity index (χ2v) is 18.8. The van der Waals surface area contributed by atoms with Gasteiger partial charge in [-0.3, -0.25) is 19.1 Å². The van der Waals surface area contributed by atoms with Gasteiger partial charge in [-0.2, -0.15) is 0 Å². The van der Waals surface area contributed by atoms with E-state index >= 15 is 0 Å². The lowest BCUT2D eigenvalue weighted by Crippen LogP contribution is -2.59. The van der Waals surface area contributed by atoms with E-state index in [0.717, 1.165) is 37.7 Å². The van der Waals surface area contributed by atoms with Crippen LogP contribution in [0.4, 0.5) is 4.79 Å². The molecular weight excluding hydrogens is 741 g/mol. The number of pyridine rings is 1. The van der Waals surface area contributed by atoms with Gasteiger partial charge in [0, 0.05) is 42.4 Å². The normalized spacial score (nSPS) is 29.3. The van der Waals surface area contributed by atoms with Crippen LogP contribution in [-0.2, 0) is 24.4 Å². The van der Waals surface area contributed by atoms with Crippen LogP contribution >= 0.6 is 0 Å². The Kier molecular flexibility index (Phi) is 10.1. The second kappa shape index (κ2) is 14.7. The van der Waals surface area contributed by atoms with E-state index in [2.05, 4.69) is 15.4 Å². The van der Waals surface area contributed by atoms with Gasteiger partial charge < -0.3 is 34.6 Å². The summed E-state index contributed by atoms with van der Waals surface area (Å²) in [6.45, 7) is 4.76. The van der Waals surface area contributed by atoms with E-state index < -0.39 is 62.1 Å². The van der Waals surface area contributed by atoms with Crippen LogP contribution in [0.15, 0.2) is 30.4 Å². The molecule has 0 spiro atoms. The van der Waals surface area contributed by atoms with Crippen molar-refractivity contribution in [2.24, 2.45) is 5.92 Å². The van der Waals surface area contributed by atoms with Gasteiger partial charge in [0.25, 0.3) is 5.91 Å². The fraction of sp³-hybridized carbons (Fsp3) is 0.625. The lowest BCUT2D eigenvalue weighted by atomic mass is 10.0. The molecule has 2 saturated heterocycles. The van der Waals surface area contributed by atoms with Gasteiger partial charge in [0.05, 0.1) is 23.9 Å². The SMILES string of the molecule is COc1ccc2c(O[C@@H]3C[C@H]4C(=O)N[C@]5(C(=O)NS(=O)(=O)C6(C)CC6)CC5/C=C\CCCCC[C@H](NC(=O)N5CCC5)C(=O)N4C3)cc(OC3CC3)nc2c1C. The molecule has 1 aromatic carbocycles. The molecule has 1 unspecified atom stereocenters. The van der Waals surface area contributed by atoms with E-state index in [1.165, 1.54) is 4.90 Å². The summed E-state index contributed by atoms with van der Waals surface area (Å²) in [4.78, 5) is 64.2. The zero-order valence-electron chi connectivity index (χ0n) is 32.3. The van der Waals surface area contributed by atoms with Crippen LogP contribution in [0, 0.1) is 12.8 Å². The minimum atomic E-state index is -3.98. The van der Waals surface area contributed by atoms with Gasteiger partial charge in [0.1, 0.15) is 41.3 Å². The van der Waals surface area contributed by atoms with Gasteiger partial charge >= 0.3 is 6.03 Å². The van der Waals surface area contributed by atoms with Crippen molar-refractivity contribution in [2.45, 2.75) is 125 Å². The fourth-order valence-corrected chi connectivity index (χ4v) is 9.29. The molecule has 56 heavy (non-hydrogen) atoms. The van der Waals surface area contributed by atoms with Gasteiger partial charge in [-0.05, 0) is 83.8 Å². The molecule has 6 aliphatic rings. The number of carbonyl (C=O) groups is 4. The smallest absolute Gasteiger partial charge is 0.318 e. The number of rotatable bonds is 9. The van der Waals surface area contributed by atoms with Gasteiger partial charge in [0.2, 0.25) is 27.7 Å². The van der Waals surface area contributed by atoms with E-state index in [4.69, 9.17) is 19.2 Å². The monoisotopic (exact) mass is 792 g/mol. The maximum absolute atomic E-state index is 14.6. The van der Waals surface area contributed by atoms with Crippen molar-refractivity contribution in [1.29, 1.82) is 0 Å². The van der Waals surface area contributed by atoms with Gasteiger partial charge in [-0.25, -0.2) is 18.2 Å². The van der Waals surface area contributed by atoms with Gasteiger partial charge in [0.15, 0.2) is 0 Å². The molecule has 5 atom stereocenters. The Balaban J connectivity index is 1.11. The number of urea groups is 1. The fourth-order valence-electron chi connectivity index (χ4n) is 7.98. The highest BCUT2D eigenvalue weighted by molar-refractivity contribution is 7.91. The Morgan fingerprint density at radius 1 is 1.00 bits per heavy atom. The van der Waals surface area contributed by atoms with Crippen molar-refractivity contribution >= 4 is 44.7 Å². The summed E-state index contributed by atoms with van der Waals surface area (Å²) < 4.78 is 46.0. The van der Waals surface area contributed by atoms with Gasteiger partial charge in [-0.15, -0.1) is 0 Å². The molecule has 4 heterocycles. The van der Waals surface area contributed by atoms with Crippen LogP contribution in [0.2, 0.25) is 0 Å². The Hall–Kier alpha value is -4.60. The molecular formula is C40H52N6O9S. The third-order valence-electron chi connectivity index (χ3n) is 12.4. The number of carbonyl (C=O) groups excluding carboxylic acids is 4. The Labute approximate surface area is 327 Å². The number of hydrogen-bond acceptors (Lipinski definition) is 10. The molecule has 16 heteroatoms. The molecule has 1 aromatic heterocycles. The molecule has 5 amide bonds. The van der Waals surface area contributed by atoms with E-state index in [0.29, 0.717) is 73.5 Å². The Morgan fingerprint density at radius 3 is 2.48 bits per heavy atom. The van der Waals surface area contributed by atoms with Crippen molar-refractivity contribution in [3.05, 3.63) is 35.9 Å². The van der Waals surface area contributed by atoms with Crippen LogP contribution in [0.5, 0.6) is 17.4 Å². The number of sulfonamides is 1. The number of ether oxygens (including phenoxy) is 3. The molecule has 3 saturated carbocycles. The summed E-state index contributed by atoms with van der Waals surface area (Å²) in [6.07, 6.45) is 10.6. The van der Waals surface area contributed by atoms with Gasteiger partial charge in [-0.1, -0.05) is 25.0 Å². The van der Waals surface area contributed by atoms with E-state index in [1.54, 1.807) is 25.0 Å². The molecule has 302 valence electrons. The van der Waals surface area contributed by atoms with E-state index in [9.17, 15) is 27.6 Å². The number of nitrogens with zero attached hydrogens (tertiary/aromatic N) is 3. The molecule has 3 aliphatic heterocycles. The highest BCUT2D eigenvalue weighted by Gasteiger charge is 2.63. The van der Waals surface area contributed by atoms with Crippen LogP contribution in [0.25, 0.3) is 10.9 Å². The molecule has 5 fully saturated rings. The van der Waals surface area contributed by atoms with E-state index in [1.807, 2.05) is 31.2 Å². The summed E-state index contributed by atoms with van der Waals surface area (Å²) >= 11 is 0. The minimum absolute atomic E-state index is 0.0278. The molecule has 3 aliphatic carbocycles. The van der Waals surface area contributed by atoms with Crippen molar-refractivity contribution < 1.29 is 41.8 Å². The second-order valence-electron chi connectivity index (χ2n) is 16.6. The third kappa shape index (κ3) is 7.48. The Morgan fingerprint density at radius 2 is 1.79 bits per heavy atom. The first kappa shape index (κ1) is 38.3. The lowest BCUT2D eigenvalue weighted by Gasteiger charge is -2.34. The summed E-state index contributed by atoms with van der Waals surface area (Å²) in [6, 6.07) is 3.15. The maximum atomic E-state index is 14.6. The Bertz CT molecular complexity index is 2060. The van der Waals surface area contributed by atoms with Crippen molar-refractivity contribution in [3.63, 3.8) is 0 Å². The summed E-state index contributed by atoms with van der Waals surface area (Å²) in [5.74, 6) is -0.673. The predicted molar refractivity (Wildman–Crippen MR) is 206 cm³/mol. The number of aromatic nitrogens is 1. The molecule has 15 nitrogen and oxygen atoms in total. The number of aryl methyl sites for hydroxylation is 1. The van der Waals surface area contributed by atoms with Crippen molar-refractivity contribution in [3.8, 4) is 17.4 Å². The molecule has 8 rings (SSSR count). The van der Waals surface area contributed by atoms with Crippen LogP contribution in [0.3, 0.4) is 0 Å². The summed E-state index contributed by atoms with van der Waals surface area (Å²) in [5, 5.41) is 6.60. The standard InChI is InChI=1S/C40H52N6O9S/c1-24-31(53-3)15-14-28-32(21-33(42-34(24)28)55-26-12-13-26)54-27-20-30-35(47)43-40(37(49)44-56(51,52)39(2)16-17-39)22-25(40)10-7-5-4-6-8-11-29(36(48)46(30)23-27)41-38(50)45-18-9-19-45/h7,10,14-15,21,25-27,29-30H,4-6,8-9,11-13,16-20,22-23H2,1-3H3,(H,41,50)(H,43,47)(H,44,49)/b10-7-/t25?,27-,29+,30+,40-/m1/s1. The number of likely N-dealkylation sites (tertiary alicyclic amines) is 1. The molecule has 2 aromatic rings. The number of methoxy groups -OCH3 is 1. The number of allylic oxidation sites excluding steroid dienone is 1. The van der Waals surface area contributed by atoms with E-state index in [-0.39, 0.29) is 31.5 Å².